The van der Waals surface area contributed by atoms with Crippen molar-refractivity contribution in [3.63, 3.8) is 0 Å². The molecule has 0 amide bonds. The molecule has 13 rings (SSSR count). The minimum Gasteiger partial charge on any atom is -0.311 e. The van der Waals surface area contributed by atoms with E-state index < -0.39 is 0 Å². The van der Waals surface area contributed by atoms with Gasteiger partial charge in [-0.1, -0.05) is 196 Å². The molecular formula is C69H61BN2S. The zero-order valence-corrected chi connectivity index (χ0v) is 44.4. The van der Waals surface area contributed by atoms with Crippen LogP contribution in [0.2, 0.25) is 0 Å². The highest BCUT2D eigenvalue weighted by Crippen LogP contribution is 2.51. The average Bonchev–Trinajstić information content (AvgIpc) is 3.79. The quantitative estimate of drug-likeness (QED) is 0.121. The van der Waals surface area contributed by atoms with Crippen LogP contribution in [0.1, 0.15) is 85.4 Å². The number of hydrogen-bond acceptors (Lipinski definition) is 3. The van der Waals surface area contributed by atoms with Crippen LogP contribution < -0.4 is 25.5 Å². The van der Waals surface area contributed by atoms with Crippen molar-refractivity contribution in [2.24, 2.45) is 0 Å². The van der Waals surface area contributed by atoms with E-state index in [2.05, 4.69) is 266 Å². The van der Waals surface area contributed by atoms with Gasteiger partial charge >= 0.3 is 0 Å². The van der Waals surface area contributed by atoms with Crippen molar-refractivity contribution in [1.82, 2.24) is 0 Å². The van der Waals surface area contributed by atoms with Gasteiger partial charge in [0.05, 0.1) is 11.4 Å². The first-order valence-corrected chi connectivity index (χ1v) is 27.1. The molecule has 2 aliphatic heterocycles. The standard InChI is InChI=1S/C69H61BN2S/c1-10-69(8,9)48-31-37-60-58(42-48)70-64-61(71(49-33-27-44(28-34-49)43-19-12-11-13-20-43)65-57-41-47(68(5,6)7)32-38-63(57)73-66(65)70)25-18-26-62(64)72(60)59-36-30-46(67(2,3)4)40-55(59)45-29-35-54-52-23-15-14-21-50(52)51-22-16-17-24-53(51)56(54)39-45/h11-42H,10H2,1-9H3. The van der Waals surface area contributed by atoms with E-state index in [1.807, 2.05) is 11.3 Å². The predicted octanol–water partition coefficient (Wildman–Crippen LogP) is 18.1. The first-order valence-electron chi connectivity index (χ1n) is 26.3. The fourth-order valence-corrected chi connectivity index (χ4v) is 13.3. The molecule has 0 unspecified atom stereocenters. The zero-order valence-electron chi connectivity index (χ0n) is 43.6. The van der Waals surface area contributed by atoms with E-state index in [-0.39, 0.29) is 23.0 Å². The lowest BCUT2D eigenvalue weighted by atomic mass is 9.36. The number of fused-ring (bicyclic) bond motifs is 12. The fourth-order valence-electron chi connectivity index (χ4n) is 12.0. The number of anilines is 6. The van der Waals surface area contributed by atoms with Gasteiger partial charge in [0.25, 0.3) is 6.71 Å². The van der Waals surface area contributed by atoms with Crippen LogP contribution in [0.3, 0.4) is 0 Å². The first-order chi connectivity index (χ1) is 35.2. The summed E-state index contributed by atoms with van der Waals surface area (Å²) in [6, 6.07) is 74.3. The average molecular weight is 961 g/mol. The molecule has 0 spiro atoms. The van der Waals surface area contributed by atoms with Crippen molar-refractivity contribution < 1.29 is 0 Å². The third-order valence-electron chi connectivity index (χ3n) is 16.5. The number of nitrogens with zero attached hydrogens (tertiary/aromatic N) is 2. The third-order valence-corrected chi connectivity index (χ3v) is 17.7. The second-order valence-electron chi connectivity index (χ2n) is 23.3. The van der Waals surface area contributed by atoms with Gasteiger partial charge in [-0.3, -0.25) is 0 Å². The monoisotopic (exact) mass is 960 g/mol. The van der Waals surface area contributed by atoms with E-state index in [1.165, 1.54) is 125 Å². The number of hydrogen-bond donors (Lipinski definition) is 0. The number of rotatable bonds is 6. The molecule has 0 atom stereocenters. The fraction of sp³-hybridized carbons (Fsp3) is 0.188. The number of benzene rings is 10. The molecule has 2 aliphatic rings. The molecule has 0 saturated carbocycles. The van der Waals surface area contributed by atoms with Gasteiger partial charge in [0, 0.05) is 43.2 Å². The van der Waals surface area contributed by atoms with Crippen LogP contribution in [0.5, 0.6) is 0 Å². The molecule has 356 valence electrons. The Morgan fingerprint density at radius 1 is 0.411 bits per heavy atom. The molecule has 10 aromatic carbocycles. The van der Waals surface area contributed by atoms with E-state index in [9.17, 15) is 0 Å². The van der Waals surface area contributed by atoms with E-state index >= 15 is 0 Å². The van der Waals surface area contributed by atoms with Crippen molar-refractivity contribution in [3.05, 3.63) is 211 Å². The summed E-state index contributed by atoms with van der Waals surface area (Å²) in [5.74, 6) is 0. The van der Waals surface area contributed by atoms with Gasteiger partial charge in [0.2, 0.25) is 0 Å². The molecule has 2 nitrogen and oxygen atoms in total. The molecule has 0 aliphatic carbocycles. The van der Waals surface area contributed by atoms with Crippen molar-refractivity contribution in [1.29, 1.82) is 0 Å². The third kappa shape index (κ3) is 7.19. The summed E-state index contributed by atoms with van der Waals surface area (Å²) >= 11 is 1.98. The molecule has 3 heterocycles. The van der Waals surface area contributed by atoms with Crippen LogP contribution in [0.25, 0.3) is 64.7 Å². The van der Waals surface area contributed by atoms with Gasteiger partial charge in [-0.15, -0.1) is 11.3 Å². The highest BCUT2D eigenvalue weighted by atomic mass is 32.1. The SMILES string of the molecule is CCC(C)(C)c1ccc2c(c1)B1c3sc4ccc(C(C)(C)C)cc4c3N(c3ccc(-c4ccccc4)cc3)c3cccc(c31)N2c1ccc(C(C)(C)C)cc1-c1ccc2c3ccccc3c3ccccc3c2c1. The summed E-state index contributed by atoms with van der Waals surface area (Å²) < 4.78 is 2.72. The van der Waals surface area contributed by atoms with Gasteiger partial charge in [0.15, 0.2) is 0 Å². The number of thiophene rings is 1. The normalized spacial score (nSPS) is 13.5. The second-order valence-corrected chi connectivity index (χ2v) is 24.4. The molecule has 11 aromatic rings. The highest BCUT2D eigenvalue weighted by Gasteiger charge is 2.46. The van der Waals surface area contributed by atoms with Crippen LogP contribution >= 0.6 is 11.3 Å². The molecule has 73 heavy (non-hydrogen) atoms. The Hall–Kier alpha value is -7.40. The van der Waals surface area contributed by atoms with E-state index in [0.717, 1.165) is 12.1 Å². The van der Waals surface area contributed by atoms with Crippen LogP contribution in [0.15, 0.2) is 194 Å². The van der Waals surface area contributed by atoms with Crippen molar-refractivity contribution in [3.8, 4) is 22.3 Å². The molecule has 0 fully saturated rings. The van der Waals surface area contributed by atoms with Gasteiger partial charge < -0.3 is 9.80 Å². The summed E-state index contributed by atoms with van der Waals surface area (Å²) in [5, 5.41) is 9.05. The molecule has 1 aromatic heterocycles. The molecule has 4 heteroatoms. The van der Waals surface area contributed by atoms with Crippen molar-refractivity contribution >= 4 is 110 Å². The maximum absolute atomic E-state index is 2.63. The van der Waals surface area contributed by atoms with Crippen molar-refractivity contribution in [2.45, 2.75) is 85.0 Å². The van der Waals surface area contributed by atoms with Crippen LogP contribution in [0.4, 0.5) is 34.1 Å². The summed E-state index contributed by atoms with van der Waals surface area (Å²) in [4.78, 5) is 5.24. The summed E-state index contributed by atoms with van der Waals surface area (Å²) in [5.41, 5.74) is 18.9. The van der Waals surface area contributed by atoms with Gasteiger partial charge in [-0.2, -0.15) is 0 Å². The molecule has 0 saturated heterocycles. The van der Waals surface area contributed by atoms with E-state index in [0.29, 0.717) is 0 Å². The van der Waals surface area contributed by atoms with Crippen LogP contribution in [0, 0.1) is 0 Å². The van der Waals surface area contributed by atoms with E-state index in [1.54, 1.807) is 0 Å². The smallest absolute Gasteiger partial charge is 0.264 e. The second kappa shape index (κ2) is 16.6. The van der Waals surface area contributed by atoms with Crippen LogP contribution in [-0.4, -0.2) is 6.71 Å². The summed E-state index contributed by atoms with van der Waals surface area (Å²) in [7, 11) is 0. The molecule has 0 N–H and O–H groups in total. The topological polar surface area (TPSA) is 6.48 Å². The maximum atomic E-state index is 2.63. The summed E-state index contributed by atoms with van der Waals surface area (Å²) in [6.07, 6.45) is 1.04. The Morgan fingerprint density at radius 3 is 1.62 bits per heavy atom. The Labute approximate surface area is 435 Å². The highest BCUT2D eigenvalue weighted by molar-refractivity contribution is 7.33. The zero-order chi connectivity index (χ0) is 50.1. The molecule has 0 radical (unpaired) electrons. The lowest BCUT2D eigenvalue weighted by Gasteiger charge is -2.44. The van der Waals surface area contributed by atoms with Gasteiger partial charge in [-0.05, 0) is 160 Å². The predicted molar refractivity (Wildman–Crippen MR) is 320 cm³/mol. The first kappa shape index (κ1) is 45.5. The largest absolute Gasteiger partial charge is 0.311 e. The Bertz CT molecular complexity index is 3980. The van der Waals surface area contributed by atoms with E-state index in [4.69, 9.17) is 0 Å². The van der Waals surface area contributed by atoms with Gasteiger partial charge in [0.1, 0.15) is 0 Å². The van der Waals surface area contributed by atoms with Gasteiger partial charge in [-0.25, -0.2) is 0 Å². The lowest BCUT2D eigenvalue weighted by molar-refractivity contribution is 0.506. The Morgan fingerprint density at radius 2 is 0.959 bits per heavy atom. The molecular weight excluding hydrogens is 900 g/mol. The Kier molecular flexibility index (Phi) is 10.3. The Balaban J connectivity index is 1.10. The van der Waals surface area contributed by atoms with Crippen LogP contribution in [-0.2, 0) is 16.2 Å². The lowest BCUT2D eigenvalue weighted by Crippen LogP contribution is -2.60. The maximum Gasteiger partial charge on any atom is 0.264 e. The van der Waals surface area contributed by atoms with Crippen molar-refractivity contribution in [2.75, 3.05) is 9.80 Å². The summed E-state index contributed by atoms with van der Waals surface area (Å²) in [6.45, 7) is 21.2. The molecule has 0 bridgehead atoms. The minimum absolute atomic E-state index is 0.00430. The minimum atomic E-state index is -0.0640.